The fourth-order valence-electron chi connectivity index (χ4n) is 1.90. The average Bonchev–Trinajstić information content (AvgIpc) is 2.22. The van der Waals surface area contributed by atoms with Crippen molar-refractivity contribution >= 4 is 11.6 Å². The minimum absolute atomic E-state index is 0.0658. The molecule has 0 aliphatic rings. The Morgan fingerprint density at radius 3 is 2.47 bits per heavy atom. The summed E-state index contributed by atoms with van der Waals surface area (Å²) in [6.07, 6.45) is 1.07. The Morgan fingerprint density at radius 1 is 1.35 bits per heavy atom. The molecule has 1 atom stereocenters. The van der Waals surface area contributed by atoms with Crippen LogP contribution in [0.1, 0.15) is 45.7 Å². The molecule has 0 heterocycles. The van der Waals surface area contributed by atoms with Gasteiger partial charge in [-0.25, -0.2) is 4.39 Å². The molecule has 0 saturated heterocycles. The Morgan fingerprint density at radius 2 is 2.00 bits per heavy atom. The predicted octanol–water partition coefficient (Wildman–Crippen LogP) is 4.57. The van der Waals surface area contributed by atoms with E-state index in [-0.39, 0.29) is 22.3 Å². The SMILES string of the molecule is CCCNC(c1ccc(F)c(Cl)c1)C(C)(C)C. The Kier molecular flexibility index (Phi) is 4.96. The summed E-state index contributed by atoms with van der Waals surface area (Å²) in [4.78, 5) is 0. The Bertz CT molecular complexity index is 371. The lowest BCUT2D eigenvalue weighted by Gasteiger charge is -2.32. The maximum Gasteiger partial charge on any atom is 0.141 e. The Hall–Kier alpha value is -0.600. The van der Waals surface area contributed by atoms with Gasteiger partial charge in [0.05, 0.1) is 5.02 Å². The molecule has 0 aliphatic heterocycles. The molecule has 0 bridgehead atoms. The van der Waals surface area contributed by atoms with Crippen LogP contribution in [0.5, 0.6) is 0 Å². The molecule has 1 nitrogen and oxygen atoms in total. The van der Waals surface area contributed by atoms with Crippen molar-refractivity contribution in [1.29, 1.82) is 0 Å². The van der Waals surface area contributed by atoms with Crippen molar-refractivity contribution in [3.63, 3.8) is 0 Å². The number of rotatable bonds is 4. The number of hydrogen-bond donors (Lipinski definition) is 1. The van der Waals surface area contributed by atoms with Crippen molar-refractivity contribution < 1.29 is 4.39 Å². The van der Waals surface area contributed by atoms with Gasteiger partial charge in [0.1, 0.15) is 5.82 Å². The lowest BCUT2D eigenvalue weighted by molar-refractivity contribution is 0.273. The van der Waals surface area contributed by atoms with Gasteiger partial charge < -0.3 is 5.32 Å². The standard InChI is InChI=1S/C14H21ClFN/c1-5-8-17-13(14(2,3)4)10-6-7-12(16)11(15)9-10/h6-7,9,13,17H,5,8H2,1-4H3. The minimum atomic E-state index is -0.362. The van der Waals surface area contributed by atoms with E-state index in [4.69, 9.17) is 11.6 Å². The molecule has 0 amide bonds. The van der Waals surface area contributed by atoms with Crippen LogP contribution in [0, 0.1) is 11.2 Å². The molecule has 3 heteroatoms. The largest absolute Gasteiger partial charge is 0.309 e. The van der Waals surface area contributed by atoms with E-state index in [0.29, 0.717) is 0 Å². The molecule has 1 unspecified atom stereocenters. The fraction of sp³-hybridized carbons (Fsp3) is 0.571. The van der Waals surface area contributed by atoms with Gasteiger partial charge in [-0.3, -0.25) is 0 Å². The van der Waals surface area contributed by atoms with Gasteiger partial charge in [0.25, 0.3) is 0 Å². The third-order valence-electron chi connectivity index (χ3n) is 2.74. The summed E-state index contributed by atoms with van der Waals surface area (Å²) in [5, 5.41) is 3.68. The third-order valence-corrected chi connectivity index (χ3v) is 3.03. The summed E-state index contributed by atoms with van der Waals surface area (Å²) in [5.41, 5.74) is 1.11. The molecule has 1 aromatic rings. The fourth-order valence-corrected chi connectivity index (χ4v) is 2.09. The van der Waals surface area contributed by atoms with E-state index < -0.39 is 0 Å². The molecule has 0 radical (unpaired) electrons. The second-order valence-corrected chi connectivity index (χ2v) is 5.83. The van der Waals surface area contributed by atoms with Gasteiger partial charge in [-0.15, -0.1) is 0 Å². The molecule has 1 aromatic carbocycles. The number of halogens is 2. The van der Waals surface area contributed by atoms with E-state index in [1.54, 1.807) is 12.1 Å². The first-order chi connectivity index (χ1) is 7.86. The highest BCUT2D eigenvalue weighted by atomic mass is 35.5. The molecule has 0 fully saturated rings. The van der Waals surface area contributed by atoms with E-state index in [1.165, 1.54) is 6.07 Å². The molecule has 96 valence electrons. The van der Waals surface area contributed by atoms with Crippen molar-refractivity contribution in [1.82, 2.24) is 5.32 Å². The van der Waals surface area contributed by atoms with Crippen LogP contribution in [0.4, 0.5) is 4.39 Å². The normalized spacial score (nSPS) is 13.8. The van der Waals surface area contributed by atoms with E-state index in [9.17, 15) is 4.39 Å². The van der Waals surface area contributed by atoms with Gasteiger partial charge in [0.2, 0.25) is 0 Å². The average molecular weight is 258 g/mol. The van der Waals surface area contributed by atoms with Crippen LogP contribution in [0.3, 0.4) is 0 Å². The number of benzene rings is 1. The Balaban J connectivity index is 3.00. The third kappa shape index (κ3) is 3.97. The maximum absolute atomic E-state index is 13.2. The highest BCUT2D eigenvalue weighted by Crippen LogP contribution is 2.34. The number of nitrogens with one attached hydrogen (secondary N) is 1. The molecule has 0 spiro atoms. The van der Waals surface area contributed by atoms with Gasteiger partial charge in [-0.2, -0.15) is 0 Å². The highest BCUT2D eigenvalue weighted by Gasteiger charge is 2.25. The lowest BCUT2D eigenvalue weighted by atomic mass is 9.82. The quantitative estimate of drug-likeness (QED) is 0.833. The minimum Gasteiger partial charge on any atom is -0.309 e. The zero-order valence-corrected chi connectivity index (χ0v) is 11.7. The topological polar surface area (TPSA) is 12.0 Å². The molecule has 0 aromatic heterocycles. The first-order valence-electron chi connectivity index (χ1n) is 6.04. The van der Waals surface area contributed by atoms with Gasteiger partial charge in [-0.1, -0.05) is 45.4 Å². The zero-order valence-electron chi connectivity index (χ0n) is 11.0. The number of hydrogen-bond acceptors (Lipinski definition) is 1. The zero-order chi connectivity index (χ0) is 13.1. The van der Waals surface area contributed by atoms with Crippen LogP contribution in [0.2, 0.25) is 5.02 Å². The van der Waals surface area contributed by atoms with Gasteiger partial charge >= 0.3 is 0 Å². The summed E-state index contributed by atoms with van der Waals surface area (Å²) >= 11 is 5.84. The summed E-state index contributed by atoms with van der Waals surface area (Å²) in [6, 6.07) is 5.14. The second-order valence-electron chi connectivity index (χ2n) is 5.43. The van der Waals surface area contributed by atoms with Crippen molar-refractivity contribution in [2.45, 2.75) is 40.2 Å². The first-order valence-corrected chi connectivity index (χ1v) is 6.42. The van der Waals surface area contributed by atoms with Crippen molar-refractivity contribution in [3.8, 4) is 0 Å². The summed E-state index contributed by atoms with van der Waals surface area (Å²) in [6.45, 7) is 9.56. The monoisotopic (exact) mass is 257 g/mol. The maximum atomic E-state index is 13.2. The van der Waals surface area contributed by atoms with Crippen LogP contribution in [0.25, 0.3) is 0 Å². The van der Waals surface area contributed by atoms with E-state index in [2.05, 4.69) is 33.0 Å². The molecule has 0 saturated carbocycles. The van der Waals surface area contributed by atoms with Crippen molar-refractivity contribution in [3.05, 3.63) is 34.6 Å². The Labute approximate surface area is 108 Å². The molecule has 1 N–H and O–H groups in total. The molecular weight excluding hydrogens is 237 g/mol. The molecule has 0 aliphatic carbocycles. The summed E-state index contributed by atoms with van der Waals surface area (Å²) < 4.78 is 13.2. The van der Waals surface area contributed by atoms with Gasteiger partial charge in [0.15, 0.2) is 0 Å². The van der Waals surface area contributed by atoms with E-state index in [1.807, 2.05) is 0 Å². The summed E-state index contributed by atoms with van der Waals surface area (Å²) in [7, 11) is 0. The van der Waals surface area contributed by atoms with Crippen LogP contribution in [-0.2, 0) is 0 Å². The van der Waals surface area contributed by atoms with Crippen LogP contribution in [-0.4, -0.2) is 6.54 Å². The molecule has 1 rings (SSSR count). The predicted molar refractivity (Wildman–Crippen MR) is 71.9 cm³/mol. The van der Waals surface area contributed by atoms with Crippen LogP contribution >= 0.6 is 11.6 Å². The lowest BCUT2D eigenvalue weighted by Crippen LogP contribution is -2.32. The van der Waals surface area contributed by atoms with Gasteiger partial charge in [0, 0.05) is 6.04 Å². The molecular formula is C14H21ClFN. The van der Waals surface area contributed by atoms with E-state index >= 15 is 0 Å². The van der Waals surface area contributed by atoms with E-state index in [0.717, 1.165) is 18.5 Å². The van der Waals surface area contributed by atoms with Crippen molar-refractivity contribution in [2.24, 2.45) is 5.41 Å². The summed E-state index contributed by atoms with van der Waals surface area (Å²) in [5.74, 6) is -0.362. The first kappa shape index (κ1) is 14.5. The second kappa shape index (κ2) is 5.83. The van der Waals surface area contributed by atoms with Gasteiger partial charge in [-0.05, 0) is 36.1 Å². The van der Waals surface area contributed by atoms with Crippen molar-refractivity contribution in [2.75, 3.05) is 6.54 Å². The van der Waals surface area contributed by atoms with Crippen LogP contribution in [0.15, 0.2) is 18.2 Å². The highest BCUT2D eigenvalue weighted by molar-refractivity contribution is 6.30. The smallest absolute Gasteiger partial charge is 0.141 e. The molecule has 17 heavy (non-hydrogen) atoms. The van der Waals surface area contributed by atoms with Crippen LogP contribution < -0.4 is 5.32 Å².